The highest BCUT2D eigenvalue weighted by Gasteiger charge is 2.22. The zero-order valence-electron chi connectivity index (χ0n) is 10.3. The summed E-state index contributed by atoms with van der Waals surface area (Å²) in [6.45, 7) is 0.203. The van der Waals surface area contributed by atoms with Gasteiger partial charge in [0.25, 0.3) is 0 Å². The second-order valence-corrected chi connectivity index (χ2v) is 4.99. The summed E-state index contributed by atoms with van der Waals surface area (Å²) in [5, 5.41) is 0. The van der Waals surface area contributed by atoms with Gasteiger partial charge >= 0.3 is 0 Å². The number of nitrogens with zero attached hydrogens (tertiary/aromatic N) is 1. The van der Waals surface area contributed by atoms with Crippen molar-refractivity contribution in [1.82, 2.24) is 4.98 Å². The van der Waals surface area contributed by atoms with Crippen molar-refractivity contribution < 1.29 is 14.3 Å². The lowest BCUT2D eigenvalue weighted by Gasteiger charge is -2.09. The summed E-state index contributed by atoms with van der Waals surface area (Å²) in [5.74, 6) is 1.26. The van der Waals surface area contributed by atoms with Crippen molar-refractivity contribution in [3.63, 3.8) is 0 Å². The first-order valence-corrected chi connectivity index (χ1v) is 6.65. The van der Waals surface area contributed by atoms with Gasteiger partial charge in [-0.1, -0.05) is 15.9 Å². The van der Waals surface area contributed by atoms with E-state index in [0.29, 0.717) is 17.1 Å². The molecule has 2 heterocycles. The zero-order chi connectivity index (χ0) is 13.2. The van der Waals surface area contributed by atoms with E-state index in [0.717, 1.165) is 5.56 Å². The van der Waals surface area contributed by atoms with Crippen molar-refractivity contribution >= 4 is 38.7 Å². The van der Waals surface area contributed by atoms with Gasteiger partial charge in [-0.15, -0.1) is 17.0 Å². The molecule has 0 amide bonds. The second kappa shape index (κ2) is 6.37. The second-order valence-electron chi connectivity index (χ2n) is 4.08. The third-order valence-corrected chi connectivity index (χ3v) is 3.83. The highest BCUT2D eigenvalue weighted by molar-refractivity contribution is 9.09. The first-order valence-electron chi connectivity index (χ1n) is 5.73. The van der Waals surface area contributed by atoms with E-state index in [4.69, 9.17) is 9.47 Å². The number of pyridine rings is 1. The fourth-order valence-electron chi connectivity index (χ4n) is 1.88. The number of fused-ring (bicyclic) bond motifs is 1. The molecule has 2 aromatic rings. The molecular formula is C14H11Br2NO3. The van der Waals surface area contributed by atoms with E-state index in [1.807, 2.05) is 12.1 Å². The van der Waals surface area contributed by atoms with Crippen molar-refractivity contribution in [2.45, 2.75) is 4.83 Å². The Morgan fingerprint density at radius 1 is 1.15 bits per heavy atom. The van der Waals surface area contributed by atoms with Gasteiger partial charge in [-0.2, -0.15) is 0 Å². The van der Waals surface area contributed by atoms with Crippen LogP contribution in [0.4, 0.5) is 0 Å². The Balaban J connectivity index is 0.00000147. The highest BCUT2D eigenvalue weighted by atomic mass is 79.9. The van der Waals surface area contributed by atoms with Crippen molar-refractivity contribution in [2.24, 2.45) is 0 Å². The standard InChI is InChI=1S/C14H10BrNO3.BrH/c15-13(9-3-5-16-6-4-9)14(17)10-1-2-11-12(7-10)19-8-18-11;/h1-7,13H,8H2;1H. The maximum atomic E-state index is 12.4. The zero-order valence-corrected chi connectivity index (χ0v) is 13.6. The summed E-state index contributed by atoms with van der Waals surface area (Å²) >= 11 is 3.42. The third-order valence-electron chi connectivity index (χ3n) is 2.89. The van der Waals surface area contributed by atoms with E-state index in [2.05, 4.69) is 20.9 Å². The van der Waals surface area contributed by atoms with Gasteiger partial charge in [0.15, 0.2) is 17.3 Å². The average Bonchev–Trinajstić information content (AvgIpc) is 2.94. The Morgan fingerprint density at radius 2 is 1.85 bits per heavy atom. The van der Waals surface area contributed by atoms with Crippen LogP contribution in [0.15, 0.2) is 42.7 Å². The highest BCUT2D eigenvalue weighted by Crippen LogP contribution is 2.35. The molecule has 1 aliphatic heterocycles. The molecule has 1 aliphatic rings. The Labute approximate surface area is 135 Å². The molecule has 0 radical (unpaired) electrons. The third kappa shape index (κ3) is 2.86. The number of benzene rings is 1. The predicted molar refractivity (Wildman–Crippen MR) is 83.1 cm³/mol. The average molecular weight is 401 g/mol. The Morgan fingerprint density at radius 3 is 2.60 bits per heavy atom. The van der Waals surface area contributed by atoms with Gasteiger partial charge in [0.2, 0.25) is 6.79 Å². The Bertz CT molecular complexity index is 619. The lowest BCUT2D eigenvalue weighted by atomic mass is 10.0. The van der Waals surface area contributed by atoms with E-state index < -0.39 is 4.83 Å². The molecule has 0 fully saturated rings. The van der Waals surface area contributed by atoms with E-state index in [1.165, 1.54) is 0 Å². The molecule has 0 bridgehead atoms. The first kappa shape index (κ1) is 15.0. The summed E-state index contributed by atoms with van der Waals surface area (Å²) in [6.07, 6.45) is 3.33. The van der Waals surface area contributed by atoms with Crippen LogP contribution >= 0.6 is 32.9 Å². The normalized spacial score (nSPS) is 13.4. The van der Waals surface area contributed by atoms with Crippen molar-refractivity contribution in [1.29, 1.82) is 0 Å². The quantitative estimate of drug-likeness (QED) is 0.582. The molecule has 104 valence electrons. The van der Waals surface area contributed by atoms with Gasteiger partial charge in [-0.3, -0.25) is 9.78 Å². The Kier molecular flexibility index (Phi) is 4.77. The number of halogens is 2. The largest absolute Gasteiger partial charge is 0.454 e. The molecule has 0 aliphatic carbocycles. The van der Waals surface area contributed by atoms with Crippen LogP contribution in [0.2, 0.25) is 0 Å². The van der Waals surface area contributed by atoms with Crippen molar-refractivity contribution in [3.8, 4) is 11.5 Å². The number of rotatable bonds is 3. The van der Waals surface area contributed by atoms with Crippen LogP contribution in [0.1, 0.15) is 20.7 Å². The number of hydrogen-bond acceptors (Lipinski definition) is 4. The van der Waals surface area contributed by atoms with Gasteiger partial charge < -0.3 is 9.47 Å². The molecule has 1 atom stereocenters. The first-order chi connectivity index (χ1) is 9.25. The fraction of sp³-hybridized carbons (Fsp3) is 0.143. The maximum Gasteiger partial charge on any atom is 0.231 e. The molecule has 1 aromatic carbocycles. The van der Waals surface area contributed by atoms with Gasteiger partial charge in [0.1, 0.15) is 4.83 Å². The number of ether oxygens (including phenoxy) is 2. The van der Waals surface area contributed by atoms with E-state index >= 15 is 0 Å². The van der Waals surface area contributed by atoms with Gasteiger partial charge in [0.05, 0.1) is 0 Å². The number of carbonyl (C=O) groups excluding carboxylic acids is 1. The molecule has 20 heavy (non-hydrogen) atoms. The van der Waals surface area contributed by atoms with Gasteiger partial charge in [-0.05, 0) is 35.9 Å². The number of alkyl halides is 1. The van der Waals surface area contributed by atoms with E-state index in [1.54, 1.807) is 30.6 Å². The molecule has 3 rings (SSSR count). The summed E-state index contributed by atoms with van der Waals surface area (Å²) in [4.78, 5) is 15.9. The maximum absolute atomic E-state index is 12.4. The van der Waals surface area contributed by atoms with E-state index in [-0.39, 0.29) is 29.6 Å². The predicted octanol–water partition coefficient (Wildman–Crippen LogP) is 3.71. The van der Waals surface area contributed by atoms with Crippen molar-refractivity contribution in [2.75, 3.05) is 6.79 Å². The number of ketones is 1. The molecule has 0 N–H and O–H groups in total. The summed E-state index contributed by atoms with van der Waals surface area (Å²) in [5.41, 5.74) is 1.46. The number of aromatic nitrogens is 1. The molecule has 0 saturated heterocycles. The summed E-state index contributed by atoms with van der Waals surface area (Å²) < 4.78 is 10.5. The van der Waals surface area contributed by atoms with Crippen LogP contribution in [-0.4, -0.2) is 17.6 Å². The minimum atomic E-state index is -0.393. The molecule has 0 spiro atoms. The topological polar surface area (TPSA) is 48.4 Å². The molecule has 0 saturated carbocycles. The molecule has 1 aromatic heterocycles. The summed E-state index contributed by atoms with van der Waals surface area (Å²) in [6, 6.07) is 8.82. The number of carbonyl (C=O) groups is 1. The van der Waals surface area contributed by atoms with Crippen molar-refractivity contribution in [3.05, 3.63) is 53.9 Å². The summed E-state index contributed by atoms with van der Waals surface area (Å²) in [7, 11) is 0. The van der Waals surface area contributed by atoms with Crippen LogP contribution in [0, 0.1) is 0 Å². The minimum Gasteiger partial charge on any atom is -0.454 e. The van der Waals surface area contributed by atoms with Crippen LogP contribution in [0.25, 0.3) is 0 Å². The minimum absolute atomic E-state index is 0. The molecular weight excluding hydrogens is 390 g/mol. The van der Waals surface area contributed by atoms with Gasteiger partial charge in [0, 0.05) is 18.0 Å². The van der Waals surface area contributed by atoms with E-state index in [9.17, 15) is 4.79 Å². The Hall–Kier alpha value is -1.40. The van der Waals surface area contributed by atoms with Crippen LogP contribution in [0.5, 0.6) is 11.5 Å². The molecule has 1 unspecified atom stereocenters. The van der Waals surface area contributed by atoms with Gasteiger partial charge in [-0.25, -0.2) is 0 Å². The van der Waals surface area contributed by atoms with Crippen LogP contribution in [-0.2, 0) is 0 Å². The number of Topliss-reactive ketones (excluding diaryl/α,β-unsaturated/α-hetero) is 1. The monoisotopic (exact) mass is 399 g/mol. The smallest absolute Gasteiger partial charge is 0.231 e. The SMILES string of the molecule is Br.O=C(c1ccc2c(c1)OCO2)C(Br)c1ccncc1. The lowest BCUT2D eigenvalue weighted by Crippen LogP contribution is -2.07. The van der Waals surface area contributed by atoms with Crippen LogP contribution < -0.4 is 9.47 Å². The number of hydrogen-bond donors (Lipinski definition) is 0. The molecule has 4 nitrogen and oxygen atoms in total. The molecule has 6 heteroatoms. The fourth-order valence-corrected chi connectivity index (χ4v) is 2.45. The van der Waals surface area contributed by atoms with Crippen LogP contribution in [0.3, 0.4) is 0 Å². The lowest BCUT2D eigenvalue weighted by molar-refractivity contribution is 0.0991.